The molecule has 1 saturated carbocycles. The standard InChI is InChI=1S/C13H15F2NO2/c1-7-2-3-10(14)11(12(7)15)13(18)16-6-8-4-9(17)5-8/h2-3,8-9,17H,4-6H2,1H3,(H,16,18). The van der Waals surface area contributed by atoms with Crippen LogP contribution in [0.15, 0.2) is 12.1 Å². The van der Waals surface area contributed by atoms with Crippen molar-refractivity contribution in [3.8, 4) is 0 Å². The first-order valence-corrected chi connectivity index (χ1v) is 5.90. The number of hydrogen-bond donors (Lipinski definition) is 2. The van der Waals surface area contributed by atoms with E-state index in [0.717, 1.165) is 6.07 Å². The lowest BCUT2D eigenvalue weighted by molar-refractivity contribution is 0.0419. The molecule has 0 saturated heterocycles. The van der Waals surface area contributed by atoms with Crippen LogP contribution in [0.5, 0.6) is 0 Å². The van der Waals surface area contributed by atoms with E-state index in [2.05, 4.69) is 5.32 Å². The Morgan fingerprint density at radius 3 is 2.72 bits per heavy atom. The minimum absolute atomic E-state index is 0.194. The molecule has 2 N–H and O–H groups in total. The van der Waals surface area contributed by atoms with Crippen molar-refractivity contribution >= 4 is 5.91 Å². The van der Waals surface area contributed by atoms with E-state index in [1.54, 1.807) is 0 Å². The number of aliphatic hydroxyl groups excluding tert-OH is 1. The quantitative estimate of drug-likeness (QED) is 0.865. The van der Waals surface area contributed by atoms with Gasteiger partial charge in [-0.3, -0.25) is 4.79 Å². The molecular formula is C13H15F2NO2. The fourth-order valence-corrected chi connectivity index (χ4v) is 2.06. The summed E-state index contributed by atoms with van der Waals surface area (Å²) in [5, 5.41) is 11.6. The lowest BCUT2D eigenvalue weighted by Gasteiger charge is -2.31. The minimum atomic E-state index is -0.857. The molecule has 1 fully saturated rings. The molecule has 98 valence electrons. The fourth-order valence-electron chi connectivity index (χ4n) is 2.06. The van der Waals surface area contributed by atoms with Crippen molar-refractivity contribution in [2.24, 2.45) is 5.92 Å². The molecule has 18 heavy (non-hydrogen) atoms. The molecule has 0 heterocycles. The maximum atomic E-state index is 13.7. The third-order valence-electron chi connectivity index (χ3n) is 3.27. The highest BCUT2D eigenvalue weighted by Gasteiger charge is 2.28. The molecule has 0 aromatic heterocycles. The van der Waals surface area contributed by atoms with E-state index in [9.17, 15) is 13.6 Å². The molecule has 5 heteroatoms. The topological polar surface area (TPSA) is 49.3 Å². The molecule has 0 spiro atoms. The predicted octanol–water partition coefficient (Wildman–Crippen LogP) is 1.77. The number of carbonyl (C=O) groups excluding carboxylic acids is 1. The van der Waals surface area contributed by atoms with Gasteiger partial charge >= 0.3 is 0 Å². The number of aliphatic hydroxyl groups is 1. The van der Waals surface area contributed by atoms with Crippen LogP contribution in [0.25, 0.3) is 0 Å². The highest BCUT2D eigenvalue weighted by molar-refractivity contribution is 5.94. The van der Waals surface area contributed by atoms with Gasteiger partial charge in [-0.25, -0.2) is 8.78 Å². The summed E-state index contributed by atoms with van der Waals surface area (Å²) in [4.78, 5) is 11.7. The molecule has 2 rings (SSSR count). The molecule has 0 aliphatic heterocycles. The second-order valence-corrected chi connectivity index (χ2v) is 4.75. The number of rotatable bonds is 3. The number of carbonyl (C=O) groups is 1. The van der Waals surface area contributed by atoms with Crippen LogP contribution in [0.4, 0.5) is 8.78 Å². The van der Waals surface area contributed by atoms with Gasteiger partial charge in [0.1, 0.15) is 17.2 Å². The van der Waals surface area contributed by atoms with Crippen molar-refractivity contribution in [2.75, 3.05) is 6.54 Å². The number of amides is 1. The van der Waals surface area contributed by atoms with E-state index in [4.69, 9.17) is 5.11 Å². The molecule has 0 unspecified atom stereocenters. The van der Waals surface area contributed by atoms with Gasteiger partial charge in [0.15, 0.2) is 0 Å². The van der Waals surface area contributed by atoms with Crippen molar-refractivity contribution in [3.63, 3.8) is 0 Å². The zero-order valence-electron chi connectivity index (χ0n) is 10.0. The summed E-state index contributed by atoms with van der Waals surface area (Å²) in [5.74, 6) is -2.22. The summed E-state index contributed by atoms with van der Waals surface area (Å²) in [6.07, 6.45) is 0.942. The van der Waals surface area contributed by atoms with Crippen LogP contribution < -0.4 is 5.32 Å². The van der Waals surface area contributed by atoms with Crippen LogP contribution in [-0.2, 0) is 0 Å². The summed E-state index contributed by atoms with van der Waals surface area (Å²) in [6, 6.07) is 2.38. The van der Waals surface area contributed by atoms with Gasteiger partial charge in [-0.15, -0.1) is 0 Å². The Kier molecular flexibility index (Phi) is 3.61. The number of hydrogen-bond acceptors (Lipinski definition) is 2. The lowest BCUT2D eigenvalue weighted by atomic mass is 9.82. The highest BCUT2D eigenvalue weighted by atomic mass is 19.1. The summed E-state index contributed by atoms with van der Waals surface area (Å²) in [7, 11) is 0. The van der Waals surface area contributed by atoms with Crippen LogP contribution in [0.3, 0.4) is 0 Å². The summed E-state index contributed by atoms with van der Waals surface area (Å²) in [6.45, 7) is 1.82. The second-order valence-electron chi connectivity index (χ2n) is 4.75. The Balaban J connectivity index is 2.02. The number of benzene rings is 1. The molecule has 0 atom stereocenters. The van der Waals surface area contributed by atoms with Gasteiger partial charge in [-0.1, -0.05) is 6.07 Å². The van der Waals surface area contributed by atoms with E-state index in [1.165, 1.54) is 13.0 Å². The van der Waals surface area contributed by atoms with Gasteiger partial charge in [0.2, 0.25) is 0 Å². The van der Waals surface area contributed by atoms with Crippen LogP contribution in [0, 0.1) is 24.5 Å². The van der Waals surface area contributed by atoms with E-state index < -0.39 is 23.1 Å². The first kappa shape index (κ1) is 13.0. The summed E-state index contributed by atoms with van der Waals surface area (Å²) < 4.78 is 27.1. The first-order chi connectivity index (χ1) is 8.49. The van der Waals surface area contributed by atoms with Gasteiger partial charge in [0, 0.05) is 6.54 Å². The van der Waals surface area contributed by atoms with Crippen molar-refractivity contribution in [1.29, 1.82) is 0 Å². The third-order valence-corrected chi connectivity index (χ3v) is 3.27. The van der Waals surface area contributed by atoms with Crippen LogP contribution in [-0.4, -0.2) is 23.7 Å². The smallest absolute Gasteiger partial charge is 0.257 e. The molecule has 3 nitrogen and oxygen atoms in total. The third kappa shape index (κ3) is 2.51. The van der Waals surface area contributed by atoms with Gasteiger partial charge in [-0.05, 0) is 37.3 Å². The maximum absolute atomic E-state index is 13.7. The van der Waals surface area contributed by atoms with E-state index >= 15 is 0 Å². The highest BCUT2D eigenvalue weighted by Crippen LogP contribution is 2.26. The number of halogens is 2. The minimum Gasteiger partial charge on any atom is -0.393 e. The van der Waals surface area contributed by atoms with Crippen molar-refractivity contribution in [3.05, 3.63) is 34.9 Å². The molecule has 0 bridgehead atoms. The summed E-state index contributed by atoms with van der Waals surface area (Å²) in [5.41, 5.74) is -0.296. The Morgan fingerprint density at radius 2 is 2.11 bits per heavy atom. The van der Waals surface area contributed by atoms with Crippen molar-refractivity contribution in [2.45, 2.75) is 25.9 Å². The maximum Gasteiger partial charge on any atom is 0.257 e. The molecule has 1 aromatic carbocycles. The fraction of sp³-hybridized carbons (Fsp3) is 0.462. The molecule has 1 aliphatic carbocycles. The van der Waals surface area contributed by atoms with E-state index in [0.29, 0.717) is 19.4 Å². The normalized spacial score (nSPS) is 22.4. The van der Waals surface area contributed by atoms with Gasteiger partial charge in [-0.2, -0.15) is 0 Å². The average molecular weight is 255 g/mol. The second kappa shape index (κ2) is 5.02. The van der Waals surface area contributed by atoms with Crippen LogP contribution in [0.1, 0.15) is 28.8 Å². The molecule has 1 amide bonds. The Morgan fingerprint density at radius 1 is 1.44 bits per heavy atom. The van der Waals surface area contributed by atoms with Gasteiger partial charge in [0.05, 0.1) is 6.10 Å². The largest absolute Gasteiger partial charge is 0.393 e. The zero-order chi connectivity index (χ0) is 13.3. The Labute approximate surface area is 104 Å². The van der Waals surface area contributed by atoms with Gasteiger partial charge in [0.25, 0.3) is 5.91 Å². The van der Waals surface area contributed by atoms with Crippen molar-refractivity contribution in [1.82, 2.24) is 5.32 Å². The van der Waals surface area contributed by atoms with Crippen LogP contribution >= 0.6 is 0 Å². The number of aryl methyl sites for hydroxylation is 1. The number of nitrogens with one attached hydrogen (secondary N) is 1. The molecule has 1 aromatic rings. The first-order valence-electron chi connectivity index (χ1n) is 5.90. The molecule has 1 aliphatic rings. The molecular weight excluding hydrogens is 240 g/mol. The van der Waals surface area contributed by atoms with Gasteiger partial charge < -0.3 is 10.4 Å². The summed E-state index contributed by atoms with van der Waals surface area (Å²) >= 11 is 0. The zero-order valence-corrected chi connectivity index (χ0v) is 10.0. The molecule has 0 radical (unpaired) electrons. The van der Waals surface area contributed by atoms with Crippen molar-refractivity contribution < 1.29 is 18.7 Å². The van der Waals surface area contributed by atoms with E-state index in [1.807, 2.05) is 0 Å². The lowest BCUT2D eigenvalue weighted by Crippen LogP contribution is -2.38. The van der Waals surface area contributed by atoms with E-state index in [-0.39, 0.29) is 17.6 Å². The SMILES string of the molecule is Cc1ccc(F)c(C(=O)NCC2CC(O)C2)c1F. The van der Waals surface area contributed by atoms with Crippen LogP contribution in [0.2, 0.25) is 0 Å². The Bertz CT molecular complexity index is 470. The Hall–Kier alpha value is -1.49. The predicted molar refractivity (Wildman–Crippen MR) is 62.2 cm³/mol. The average Bonchev–Trinajstić information content (AvgIpc) is 2.28. The monoisotopic (exact) mass is 255 g/mol.